The Bertz CT molecular complexity index is 638. The minimum absolute atomic E-state index is 0.578. The van der Waals surface area contributed by atoms with E-state index in [-0.39, 0.29) is 0 Å². The van der Waals surface area contributed by atoms with Crippen molar-refractivity contribution in [1.82, 2.24) is 4.90 Å². The van der Waals surface area contributed by atoms with E-state index in [2.05, 4.69) is 24.4 Å². The van der Waals surface area contributed by atoms with Gasteiger partial charge in [0.05, 0.1) is 0 Å². The van der Waals surface area contributed by atoms with Gasteiger partial charge in [0.25, 0.3) is 0 Å². The molecular weight excluding hydrogens is 323 g/mol. The van der Waals surface area contributed by atoms with Crippen molar-refractivity contribution >= 4 is 46.2 Å². The van der Waals surface area contributed by atoms with Gasteiger partial charge in [0.15, 0.2) is 5.11 Å². The number of nitrogens with one attached hydrogen (secondary N) is 1. The summed E-state index contributed by atoms with van der Waals surface area (Å²) >= 11 is 17.4. The van der Waals surface area contributed by atoms with Crippen molar-refractivity contribution in [1.29, 1.82) is 0 Å². The van der Waals surface area contributed by atoms with Crippen LogP contribution in [0.4, 0.5) is 5.69 Å². The van der Waals surface area contributed by atoms with E-state index in [9.17, 15) is 0 Å². The predicted molar refractivity (Wildman–Crippen MR) is 95.3 cm³/mol. The van der Waals surface area contributed by atoms with Crippen molar-refractivity contribution in [3.05, 3.63) is 63.6 Å². The third-order valence-corrected chi connectivity index (χ3v) is 3.98. The van der Waals surface area contributed by atoms with Crippen LogP contribution >= 0.6 is 35.4 Å². The van der Waals surface area contributed by atoms with E-state index in [1.165, 1.54) is 11.1 Å². The van der Waals surface area contributed by atoms with Gasteiger partial charge in [-0.25, -0.2) is 0 Å². The van der Waals surface area contributed by atoms with Crippen LogP contribution in [-0.2, 0) is 6.54 Å². The highest BCUT2D eigenvalue weighted by Crippen LogP contribution is 2.22. The average Bonchev–Trinajstić information content (AvgIpc) is 2.40. The Morgan fingerprint density at radius 2 is 1.76 bits per heavy atom. The topological polar surface area (TPSA) is 15.3 Å². The standard InChI is InChI=1S/C16H16Cl2N2S/c1-11-5-3-4-6-12(11)10-20(2)16(21)19-15-8-13(17)7-14(18)9-15/h3-9H,10H2,1-2H3,(H,19,21). The normalized spacial score (nSPS) is 10.3. The lowest BCUT2D eigenvalue weighted by molar-refractivity contribution is 0.507. The number of benzene rings is 2. The van der Waals surface area contributed by atoms with Crippen LogP contribution in [0.15, 0.2) is 42.5 Å². The summed E-state index contributed by atoms with van der Waals surface area (Å²) in [6.45, 7) is 2.84. The van der Waals surface area contributed by atoms with Crippen LogP contribution in [0.2, 0.25) is 10.0 Å². The fourth-order valence-electron chi connectivity index (χ4n) is 1.96. The number of nitrogens with zero attached hydrogens (tertiary/aromatic N) is 1. The molecule has 0 saturated heterocycles. The first-order valence-electron chi connectivity index (χ1n) is 6.48. The first-order valence-corrected chi connectivity index (χ1v) is 7.65. The maximum absolute atomic E-state index is 5.98. The van der Waals surface area contributed by atoms with E-state index in [0.29, 0.717) is 15.2 Å². The third kappa shape index (κ3) is 4.60. The molecule has 5 heteroatoms. The number of rotatable bonds is 3. The highest BCUT2D eigenvalue weighted by Gasteiger charge is 2.08. The Morgan fingerprint density at radius 3 is 2.38 bits per heavy atom. The lowest BCUT2D eigenvalue weighted by atomic mass is 10.1. The van der Waals surface area contributed by atoms with Gasteiger partial charge in [-0.05, 0) is 48.5 Å². The molecule has 2 nitrogen and oxygen atoms in total. The fraction of sp³-hybridized carbons (Fsp3) is 0.188. The van der Waals surface area contributed by atoms with Crippen molar-refractivity contribution in [2.45, 2.75) is 13.5 Å². The minimum Gasteiger partial charge on any atom is -0.348 e. The summed E-state index contributed by atoms with van der Waals surface area (Å²) in [4.78, 5) is 1.98. The third-order valence-electron chi connectivity index (χ3n) is 3.13. The molecule has 2 rings (SSSR count). The molecule has 0 unspecified atom stereocenters. The Labute approximate surface area is 140 Å². The van der Waals surface area contributed by atoms with E-state index in [4.69, 9.17) is 35.4 Å². The molecule has 110 valence electrons. The van der Waals surface area contributed by atoms with Crippen molar-refractivity contribution in [2.75, 3.05) is 12.4 Å². The lowest BCUT2D eigenvalue weighted by Crippen LogP contribution is -2.30. The van der Waals surface area contributed by atoms with Gasteiger partial charge in [0.1, 0.15) is 0 Å². The Hall–Kier alpha value is -1.29. The Morgan fingerprint density at radius 1 is 1.14 bits per heavy atom. The zero-order chi connectivity index (χ0) is 15.4. The van der Waals surface area contributed by atoms with Gasteiger partial charge in [-0.2, -0.15) is 0 Å². The van der Waals surface area contributed by atoms with Crippen LogP contribution < -0.4 is 5.32 Å². The number of hydrogen-bond acceptors (Lipinski definition) is 1. The van der Waals surface area contributed by atoms with Crippen LogP contribution in [-0.4, -0.2) is 17.1 Å². The molecule has 0 bridgehead atoms. The number of thiocarbonyl (C=S) groups is 1. The summed E-state index contributed by atoms with van der Waals surface area (Å²) in [6, 6.07) is 13.5. The average molecular weight is 339 g/mol. The number of anilines is 1. The van der Waals surface area contributed by atoms with E-state index in [0.717, 1.165) is 12.2 Å². The van der Waals surface area contributed by atoms with Gasteiger partial charge in [-0.15, -0.1) is 0 Å². The van der Waals surface area contributed by atoms with Crippen molar-refractivity contribution in [3.8, 4) is 0 Å². The van der Waals surface area contributed by atoms with Crippen molar-refractivity contribution < 1.29 is 0 Å². The quantitative estimate of drug-likeness (QED) is 0.781. The highest BCUT2D eigenvalue weighted by atomic mass is 35.5. The van der Waals surface area contributed by atoms with Crippen molar-refractivity contribution in [3.63, 3.8) is 0 Å². The summed E-state index contributed by atoms with van der Waals surface area (Å²) in [5, 5.41) is 4.93. The molecule has 0 heterocycles. The first-order chi connectivity index (χ1) is 9.95. The molecule has 0 aliphatic rings. The minimum atomic E-state index is 0.578. The molecule has 0 fully saturated rings. The molecule has 2 aromatic rings. The van der Waals surface area contributed by atoms with Gasteiger partial charge in [-0.3, -0.25) is 0 Å². The highest BCUT2D eigenvalue weighted by molar-refractivity contribution is 7.80. The van der Waals surface area contributed by atoms with Crippen LogP contribution in [0, 0.1) is 6.92 Å². The molecule has 0 amide bonds. The summed E-state index contributed by atoms with van der Waals surface area (Å²) in [7, 11) is 1.95. The van der Waals surface area contributed by atoms with E-state index < -0.39 is 0 Å². The molecule has 21 heavy (non-hydrogen) atoms. The lowest BCUT2D eigenvalue weighted by Gasteiger charge is -2.22. The molecule has 0 aliphatic heterocycles. The maximum Gasteiger partial charge on any atom is 0.173 e. The van der Waals surface area contributed by atoms with Gasteiger partial charge in [0.2, 0.25) is 0 Å². The van der Waals surface area contributed by atoms with Gasteiger partial charge in [-0.1, -0.05) is 47.5 Å². The second kappa shape index (κ2) is 7.12. The Balaban J connectivity index is 2.04. The fourth-order valence-corrected chi connectivity index (χ4v) is 2.67. The monoisotopic (exact) mass is 338 g/mol. The maximum atomic E-state index is 5.98. The van der Waals surface area contributed by atoms with Gasteiger partial charge in [0, 0.05) is 29.3 Å². The van der Waals surface area contributed by atoms with Crippen LogP contribution in [0.1, 0.15) is 11.1 Å². The van der Waals surface area contributed by atoms with Crippen LogP contribution in [0.5, 0.6) is 0 Å². The Kier molecular flexibility index (Phi) is 5.45. The number of halogens is 2. The number of hydrogen-bond donors (Lipinski definition) is 1. The summed E-state index contributed by atoms with van der Waals surface area (Å²) in [5.74, 6) is 0. The molecule has 0 atom stereocenters. The molecule has 0 saturated carbocycles. The molecule has 2 aromatic carbocycles. The SMILES string of the molecule is Cc1ccccc1CN(C)C(=S)Nc1cc(Cl)cc(Cl)c1. The predicted octanol–water partition coefficient (Wildman–Crippen LogP) is 5.13. The second-order valence-electron chi connectivity index (χ2n) is 4.87. The number of aryl methyl sites for hydroxylation is 1. The summed E-state index contributed by atoms with van der Waals surface area (Å²) < 4.78 is 0. The van der Waals surface area contributed by atoms with E-state index in [1.54, 1.807) is 18.2 Å². The smallest absolute Gasteiger partial charge is 0.173 e. The molecule has 0 radical (unpaired) electrons. The van der Waals surface area contributed by atoms with Crippen LogP contribution in [0.3, 0.4) is 0 Å². The molecular formula is C16H16Cl2N2S. The zero-order valence-corrected chi connectivity index (χ0v) is 14.2. The summed E-state index contributed by atoms with van der Waals surface area (Å²) in [6.07, 6.45) is 0. The van der Waals surface area contributed by atoms with E-state index >= 15 is 0 Å². The van der Waals surface area contributed by atoms with Gasteiger partial charge < -0.3 is 10.2 Å². The first kappa shape index (κ1) is 16.1. The largest absolute Gasteiger partial charge is 0.348 e. The van der Waals surface area contributed by atoms with E-state index in [1.807, 2.05) is 24.1 Å². The van der Waals surface area contributed by atoms with Gasteiger partial charge >= 0.3 is 0 Å². The zero-order valence-electron chi connectivity index (χ0n) is 11.9. The molecule has 1 N–H and O–H groups in total. The second-order valence-corrected chi connectivity index (χ2v) is 6.13. The van der Waals surface area contributed by atoms with Crippen molar-refractivity contribution in [2.24, 2.45) is 0 Å². The molecule has 0 aliphatic carbocycles. The van der Waals surface area contributed by atoms with Crippen LogP contribution in [0.25, 0.3) is 0 Å². The molecule has 0 spiro atoms. The molecule has 0 aromatic heterocycles. The summed E-state index contributed by atoms with van der Waals surface area (Å²) in [5.41, 5.74) is 3.28.